The molecular weight excluding hydrogens is 489 g/mol. The van der Waals surface area contributed by atoms with Crippen molar-refractivity contribution in [1.82, 2.24) is 25.2 Å². The smallest absolute Gasteiger partial charge is 0.407 e. The molecule has 0 aliphatic carbocycles. The molecule has 1 aliphatic rings. The molecule has 1 fully saturated rings. The molecule has 1 saturated heterocycles. The molecule has 0 saturated carbocycles. The minimum absolute atomic E-state index is 0.0317. The van der Waals surface area contributed by atoms with Gasteiger partial charge in [0.05, 0.1) is 30.3 Å². The number of thiazole rings is 1. The van der Waals surface area contributed by atoms with E-state index in [1.165, 1.54) is 28.4 Å². The number of carbonyl (C=O) groups excluding carboxylic acids is 1. The Balaban J connectivity index is 1.58. The van der Waals surface area contributed by atoms with Crippen LogP contribution in [0.5, 0.6) is 5.75 Å². The van der Waals surface area contributed by atoms with Crippen LogP contribution in [0.2, 0.25) is 0 Å². The van der Waals surface area contributed by atoms with Crippen molar-refractivity contribution in [2.45, 2.75) is 32.9 Å². The zero-order valence-corrected chi connectivity index (χ0v) is 20.8. The first-order valence-corrected chi connectivity index (χ1v) is 12.1. The Morgan fingerprint density at radius 2 is 2.03 bits per heavy atom. The Morgan fingerprint density at radius 3 is 2.69 bits per heavy atom. The first-order chi connectivity index (χ1) is 17.2. The lowest BCUT2D eigenvalue weighted by Crippen LogP contribution is -2.47. The van der Waals surface area contributed by atoms with Crippen molar-refractivity contribution in [3.05, 3.63) is 58.4 Å². The number of rotatable bonds is 7. The average molecular weight is 516 g/mol. The van der Waals surface area contributed by atoms with E-state index in [1.54, 1.807) is 32.4 Å². The maximum absolute atomic E-state index is 15.6. The first-order valence-electron chi connectivity index (χ1n) is 11.3. The number of hydrogen-bond donors (Lipinski definition) is 2. The molecule has 3 heterocycles. The standard InChI is InChI=1S/C24H26FN5O5S/c1-13-8-28-23(36-13)20-7-17(35-12-18-11-30(24(32)33)4-5-34-18)6-19(21(20)25)22(31)29-14(2)16-9-26-15(3)27-10-16/h6-10,14,18H,4-5,11-12H2,1-3H3,(H,29,31)(H,32,33)/t14-,18?/m1/s1. The Bertz CT molecular complexity index is 1250. The summed E-state index contributed by atoms with van der Waals surface area (Å²) < 4.78 is 27.0. The summed E-state index contributed by atoms with van der Waals surface area (Å²) in [6, 6.07) is 2.34. The normalized spacial score (nSPS) is 16.4. The van der Waals surface area contributed by atoms with Crippen LogP contribution in [0.25, 0.3) is 10.6 Å². The van der Waals surface area contributed by atoms with Gasteiger partial charge in [0.1, 0.15) is 35.1 Å². The topological polar surface area (TPSA) is 127 Å². The van der Waals surface area contributed by atoms with Gasteiger partial charge >= 0.3 is 6.09 Å². The summed E-state index contributed by atoms with van der Waals surface area (Å²) in [6.45, 7) is 6.08. The van der Waals surface area contributed by atoms with Crippen molar-refractivity contribution in [2.75, 3.05) is 26.3 Å². The summed E-state index contributed by atoms with van der Waals surface area (Å²) in [7, 11) is 0. The predicted octanol–water partition coefficient (Wildman–Crippen LogP) is 3.60. The Morgan fingerprint density at radius 1 is 1.28 bits per heavy atom. The number of morpholine rings is 1. The molecule has 2 atom stereocenters. The molecule has 2 amide bonds. The number of aromatic nitrogens is 3. The molecule has 0 radical (unpaired) electrons. The largest absolute Gasteiger partial charge is 0.491 e. The third kappa shape index (κ3) is 5.94. The van der Waals surface area contributed by atoms with E-state index in [4.69, 9.17) is 9.47 Å². The quantitative estimate of drug-likeness (QED) is 0.489. The van der Waals surface area contributed by atoms with Crippen molar-refractivity contribution in [3.63, 3.8) is 0 Å². The van der Waals surface area contributed by atoms with Crippen molar-refractivity contribution in [3.8, 4) is 16.3 Å². The third-order valence-corrected chi connectivity index (χ3v) is 6.58. The van der Waals surface area contributed by atoms with E-state index < -0.39 is 30.0 Å². The van der Waals surface area contributed by atoms with Crippen molar-refractivity contribution < 1.29 is 28.6 Å². The number of aryl methyl sites for hydroxylation is 2. The molecule has 2 N–H and O–H groups in total. The molecule has 1 aromatic carbocycles. The molecule has 4 rings (SSSR count). The molecule has 190 valence electrons. The monoisotopic (exact) mass is 515 g/mol. The van der Waals surface area contributed by atoms with Gasteiger partial charge in [0.15, 0.2) is 0 Å². The fraction of sp³-hybridized carbons (Fsp3) is 0.375. The van der Waals surface area contributed by atoms with Gasteiger partial charge in [-0.1, -0.05) is 0 Å². The van der Waals surface area contributed by atoms with Gasteiger partial charge in [0, 0.05) is 35.6 Å². The minimum atomic E-state index is -1.03. The van der Waals surface area contributed by atoms with Gasteiger partial charge in [-0.25, -0.2) is 24.1 Å². The Labute approximate surface area is 211 Å². The number of benzene rings is 1. The highest BCUT2D eigenvalue weighted by atomic mass is 32.1. The summed E-state index contributed by atoms with van der Waals surface area (Å²) in [4.78, 5) is 39.1. The van der Waals surface area contributed by atoms with E-state index in [-0.39, 0.29) is 43.2 Å². The molecular formula is C24H26FN5O5S. The number of ether oxygens (including phenoxy) is 2. The molecule has 36 heavy (non-hydrogen) atoms. The zero-order valence-electron chi connectivity index (χ0n) is 20.0. The van der Waals surface area contributed by atoms with Crippen LogP contribution < -0.4 is 10.1 Å². The molecule has 10 nitrogen and oxygen atoms in total. The van der Waals surface area contributed by atoms with Gasteiger partial charge in [-0.15, -0.1) is 11.3 Å². The summed E-state index contributed by atoms with van der Waals surface area (Å²) >= 11 is 1.29. The van der Waals surface area contributed by atoms with Crippen LogP contribution in [-0.2, 0) is 4.74 Å². The number of hydrogen-bond acceptors (Lipinski definition) is 8. The van der Waals surface area contributed by atoms with Gasteiger partial charge < -0.3 is 24.8 Å². The predicted molar refractivity (Wildman–Crippen MR) is 130 cm³/mol. The number of nitrogens with zero attached hydrogens (tertiary/aromatic N) is 4. The summed E-state index contributed by atoms with van der Waals surface area (Å²) in [5, 5.41) is 12.4. The number of amides is 2. The van der Waals surface area contributed by atoms with E-state index >= 15 is 4.39 Å². The van der Waals surface area contributed by atoms with Gasteiger partial charge in [-0.05, 0) is 32.9 Å². The number of nitrogens with one attached hydrogen (secondary N) is 1. The van der Waals surface area contributed by atoms with E-state index in [0.717, 1.165) is 4.88 Å². The molecule has 3 aromatic rings. The zero-order chi connectivity index (χ0) is 25.8. The van der Waals surface area contributed by atoms with Gasteiger partial charge in [0.2, 0.25) is 0 Å². The van der Waals surface area contributed by atoms with E-state index in [0.29, 0.717) is 16.4 Å². The highest BCUT2D eigenvalue weighted by molar-refractivity contribution is 7.14. The van der Waals surface area contributed by atoms with Crippen LogP contribution in [0.15, 0.2) is 30.7 Å². The lowest BCUT2D eigenvalue weighted by molar-refractivity contribution is -0.0412. The van der Waals surface area contributed by atoms with Crippen LogP contribution in [0, 0.1) is 19.7 Å². The average Bonchev–Trinajstić information content (AvgIpc) is 3.29. The number of carboxylic acid groups (broad SMARTS) is 1. The van der Waals surface area contributed by atoms with Gasteiger partial charge in [-0.3, -0.25) is 4.79 Å². The second kappa shape index (κ2) is 11.0. The fourth-order valence-electron chi connectivity index (χ4n) is 3.65. The van der Waals surface area contributed by atoms with Crippen LogP contribution in [0.4, 0.5) is 9.18 Å². The maximum atomic E-state index is 15.6. The SMILES string of the molecule is Cc1ncc([C@@H](C)NC(=O)c2cc(OCC3CN(C(=O)O)CCO3)cc(-c3ncc(C)s3)c2F)cn1. The lowest BCUT2D eigenvalue weighted by Gasteiger charge is -2.30. The minimum Gasteiger partial charge on any atom is -0.491 e. The molecule has 0 bridgehead atoms. The van der Waals surface area contributed by atoms with Crippen molar-refractivity contribution >= 4 is 23.3 Å². The second-order valence-electron chi connectivity index (χ2n) is 8.40. The van der Waals surface area contributed by atoms with E-state index in [1.807, 2.05) is 6.92 Å². The molecule has 1 unspecified atom stereocenters. The van der Waals surface area contributed by atoms with Crippen LogP contribution in [-0.4, -0.2) is 69.4 Å². The molecule has 1 aliphatic heterocycles. The summed E-state index contributed by atoms with van der Waals surface area (Å²) in [6.07, 6.45) is 3.32. The maximum Gasteiger partial charge on any atom is 0.407 e. The highest BCUT2D eigenvalue weighted by Gasteiger charge is 2.26. The van der Waals surface area contributed by atoms with Crippen molar-refractivity contribution in [1.29, 1.82) is 0 Å². The second-order valence-corrected chi connectivity index (χ2v) is 9.63. The molecule has 0 spiro atoms. The van der Waals surface area contributed by atoms with E-state index in [9.17, 15) is 14.7 Å². The number of halogens is 1. The van der Waals surface area contributed by atoms with Crippen LogP contribution in [0.3, 0.4) is 0 Å². The third-order valence-electron chi connectivity index (χ3n) is 5.64. The lowest BCUT2D eigenvalue weighted by atomic mass is 10.1. The van der Waals surface area contributed by atoms with Crippen LogP contribution >= 0.6 is 11.3 Å². The molecule has 12 heteroatoms. The fourth-order valence-corrected chi connectivity index (χ4v) is 4.42. The Hall–Kier alpha value is -3.64. The van der Waals surface area contributed by atoms with E-state index in [2.05, 4.69) is 20.3 Å². The van der Waals surface area contributed by atoms with Crippen LogP contribution in [0.1, 0.15) is 39.6 Å². The number of carbonyl (C=O) groups is 2. The Kier molecular flexibility index (Phi) is 7.75. The highest BCUT2D eigenvalue weighted by Crippen LogP contribution is 2.33. The van der Waals surface area contributed by atoms with Gasteiger partial charge in [-0.2, -0.15) is 0 Å². The summed E-state index contributed by atoms with van der Waals surface area (Å²) in [5.41, 5.74) is 0.612. The van der Waals surface area contributed by atoms with Crippen molar-refractivity contribution in [2.24, 2.45) is 0 Å². The summed E-state index contributed by atoms with van der Waals surface area (Å²) in [5.74, 6) is -0.504. The van der Waals surface area contributed by atoms with Gasteiger partial charge in [0.25, 0.3) is 5.91 Å². The molecule has 2 aromatic heterocycles. The first kappa shape index (κ1) is 25.5.